The quantitative estimate of drug-likeness (QED) is 0.495. The third kappa shape index (κ3) is 7.05. The van der Waals surface area contributed by atoms with Gasteiger partial charge in [-0.2, -0.15) is 0 Å². The van der Waals surface area contributed by atoms with E-state index in [4.69, 9.17) is 14.2 Å². The molecule has 14 heteroatoms. The van der Waals surface area contributed by atoms with Gasteiger partial charge in [0.2, 0.25) is 0 Å². The van der Waals surface area contributed by atoms with Crippen LogP contribution in [0.25, 0.3) is 5.57 Å². The Kier molecular flexibility index (Phi) is 8.57. The van der Waals surface area contributed by atoms with E-state index in [-0.39, 0.29) is 56.3 Å². The summed E-state index contributed by atoms with van der Waals surface area (Å²) in [4.78, 5) is 39.1. The summed E-state index contributed by atoms with van der Waals surface area (Å²) in [5.41, 5.74) is -0.665. The van der Waals surface area contributed by atoms with Crippen molar-refractivity contribution >= 4 is 29.4 Å². The monoisotopic (exact) mass is 564 g/mol. The van der Waals surface area contributed by atoms with Gasteiger partial charge in [0, 0.05) is 24.7 Å². The Bertz CT molecular complexity index is 1250. The second kappa shape index (κ2) is 11.9. The molecular formula is C26H30F2N4O8. The number of ether oxygens (including phenoxy) is 3. The van der Waals surface area contributed by atoms with Crippen molar-refractivity contribution in [1.82, 2.24) is 15.4 Å². The number of aliphatic hydroxyl groups excluding tert-OH is 1. The Labute approximate surface area is 228 Å². The van der Waals surface area contributed by atoms with Crippen molar-refractivity contribution in [1.29, 1.82) is 0 Å². The fraction of sp³-hybridized carbons (Fsp3) is 0.462. The zero-order valence-corrected chi connectivity index (χ0v) is 22.2. The van der Waals surface area contributed by atoms with E-state index >= 15 is 8.78 Å². The van der Waals surface area contributed by atoms with E-state index in [0.717, 1.165) is 17.0 Å². The SMILES string of the molecule is CC(C)(C)OC(=O)NC[C@@H](O)C(=O)N1CC=C(c2c(F)cc(N3C[C@H](COc4ccon4)OC3=O)cc2F)CC1. The minimum absolute atomic E-state index is 0.00392. The van der Waals surface area contributed by atoms with Gasteiger partial charge >= 0.3 is 12.2 Å². The molecule has 3 amide bonds. The smallest absolute Gasteiger partial charge is 0.414 e. The predicted octanol–water partition coefficient (Wildman–Crippen LogP) is 2.86. The number of hydrogen-bond donors (Lipinski definition) is 2. The van der Waals surface area contributed by atoms with Crippen LogP contribution in [-0.2, 0) is 14.3 Å². The van der Waals surface area contributed by atoms with Crippen molar-refractivity contribution < 1.29 is 47.0 Å². The summed E-state index contributed by atoms with van der Waals surface area (Å²) >= 11 is 0. The molecule has 40 heavy (non-hydrogen) atoms. The number of anilines is 1. The van der Waals surface area contributed by atoms with Gasteiger partial charge in [-0.1, -0.05) is 6.08 Å². The van der Waals surface area contributed by atoms with Crippen LogP contribution in [-0.4, -0.2) is 83.9 Å². The van der Waals surface area contributed by atoms with E-state index < -0.39 is 47.5 Å². The van der Waals surface area contributed by atoms with Gasteiger partial charge < -0.3 is 34.1 Å². The van der Waals surface area contributed by atoms with Crippen LogP contribution in [0.4, 0.5) is 24.1 Å². The van der Waals surface area contributed by atoms with Crippen LogP contribution in [0.3, 0.4) is 0 Å². The summed E-state index contributed by atoms with van der Waals surface area (Å²) in [5, 5.41) is 16.1. The average Bonchev–Trinajstić information content (AvgIpc) is 3.54. The van der Waals surface area contributed by atoms with Crippen molar-refractivity contribution in [3.8, 4) is 5.88 Å². The highest BCUT2D eigenvalue weighted by Gasteiger charge is 2.34. The zero-order chi connectivity index (χ0) is 29.0. The lowest BCUT2D eigenvalue weighted by molar-refractivity contribution is -0.139. The molecule has 2 aliphatic heterocycles. The number of aliphatic hydroxyl groups is 1. The summed E-state index contributed by atoms with van der Waals surface area (Å²) in [6.45, 7) is 4.78. The molecule has 0 aliphatic carbocycles. The molecule has 0 unspecified atom stereocenters. The fourth-order valence-corrected chi connectivity index (χ4v) is 4.18. The maximum atomic E-state index is 15.1. The molecule has 2 aromatic rings. The predicted molar refractivity (Wildman–Crippen MR) is 135 cm³/mol. The third-order valence-electron chi connectivity index (χ3n) is 6.01. The molecule has 2 aliphatic rings. The first kappa shape index (κ1) is 28.8. The molecule has 0 bridgehead atoms. The molecule has 1 aromatic heterocycles. The second-order valence-electron chi connectivity index (χ2n) is 10.2. The molecular weight excluding hydrogens is 534 g/mol. The first-order valence-corrected chi connectivity index (χ1v) is 12.5. The lowest BCUT2D eigenvalue weighted by Crippen LogP contribution is -2.47. The van der Waals surface area contributed by atoms with Crippen molar-refractivity contribution in [2.45, 2.75) is 45.0 Å². The number of cyclic esters (lactones) is 1. The lowest BCUT2D eigenvalue weighted by Gasteiger charge is -2.29. The summed E-state index contributed by atoms with van der Waals surface area (Å²) in [6.07, 6.45) is -0.799. The number of carbonyl (C=O) groups excluding carboxylic acids is 3. The Morgan fingerprint density at radius 2 is 2.00 bits per heavy atom. The highest BCUT2D eigenvalue weighted by atomic mass is 19.1. The molecule has 0 radical (unpaired) electrons. The largest absolute Gasteiger partial charge is 0.471 e. The molecule has 0 saturated carbocycles. The molecule has 12 nitrogen and oxygen atoms in total. The number of alkyl carbamates (subject to hydrolysis) is 1. The van der Waals surface area contributed by atoms with E-state index in [1.54, 1.807) is 20.8 Å². The number of halogens is 2. The number of hydrogen-bond acceptors (Lipinski definition) is 9. The summed E-state index contributed by atoms with van der Waals surface area (Å²) in [6, 6.07) is 3.58. The molecule has 4 rings (SSSR count). The Hall–Kier alpha value is -4.20. The van der Waals surface area contributed by atoms with Gasteiger partial charge in [0.25, 0.3) is 11.8 Å². The molecule has 0 spiro atoms. The minimum Gasteiger partial charge on any atom is -0.471 e. The lowest BCUT2D eigenvalue weighted by atomic mass is 9.97. The summed E-state index contributed by atoms with van der Waals surface area (Å²) < 4.78 is 50.5. The topological polar surface area (TPSA) is 144 Å². The highest BCUT2D eigenvalue weighted by molar-refractivity contribution is 5.90. The van der Waals surface area contributed by atoms with Crippen LogP contribution >= 0.6 is 0 Å². The van der Waals surface area contributed by atoms with Crippen LogP contribution in [0.1, 0.15) is 32.8 Å². The average molecular weight is 565 g/mol. The molecule has 1 fully saturated rings. The number of carbonyl (C=O) groups is 3. The number of nitrogens with zero attached hydrogens (tertiary/aromatic N) is 3. The molecule has 2 N–H and O–H groups in total. The number of aromatic nitrogens is 1. The molecule has 3 heterocycles. The van der Waals surface area contributed by atoms with Crippen molar-refractivity contribution in [2.24, 2.45) is 0 Å². The van der Waals surface area contributed by atoms with Gasteiger partial charge in [0.05, 0.1) is 18.8 Å². The van der Waals surface area contributed by atoms with Crippen LogP contribution in [0, 0.1) is 11.6 Å². The van der Waals surface area contributed by atoms with E-state index in [1.165, 1.54) is 23.3 Å². The normalized spacial score (nSPS) is 18.2. The van der Waals surface area contributed by atoms with Crippen LogP contribution in [0.15, 0.2) is 35.1 Å². The van der Waals surface area contributed by atoms with E-state index in [1.807, 2.05) is 0 Å². The zero-order valence-electron chi connectivity index (χ0n) is 22.2. The first-order chi connectivity index (χ1) is 18.9. The minimum atomic E-state index is -1.51. The molecule has 2 atom stereocenters. The fourth-order valence-electron chi connectivity index (χ4n) is 4.18. The van der Waals surface area contributed by atoms with Gasteiger partial charge in [0.15, 0.2) is 6.10 Å². The Morgan fingerprint density at radius 3 is 2.60 bits per heavy atom. The number of benzene rings is 1. The van der Waals surface area contributed by atoms with E-state index in [9.17, 15) is 19.5 Å². The molecule has 216 valence electrons. The number of nitrogens with one attached hydrogen (secondary N) is 1. The van der Waals surface area contributed by atoms with E-state index in [0.29, 0.717) is 5.57 Å². The Balaban J connectivity index is 1.35. The molecule has 1 saturated heterocycles. The maximum Gasteiger partial charge on any atom is 0.414 e. The van der Waals surface area contributed by atoms with Crippen molar-refractivity contribution in [2.75, 3.05) is 37.7 Å². The maximum absolute atomic E-state index is 15.1. The first-order valence-electron chi connectivity index (χ1n) is 12.5. The van der Waals surface area contributed by atoms with Gasteiger partial charge in [-0.05, 0) is 50.1 Å². The summed E-state index contributed by atoms with van der Waals surface area (Å²) in [7, 11) is 0. The van der Waals surface area contributed by atoms with E-state index in [2.05, 4.69) is 15.0 Å². The Morgan fingerprint density at radius 1 is 1.27 bits per heavy atom. The van der Waals surface area contributed by atoms with Crippen molar-refractivity contribution in [3.05, 3.63) is 47.7 Å². The van der Waals surface area contributed by atoms with Gasteiger partial charge in [0.1, 0.15) is 36.2 Å². The number of rotatable bonds is 8. The van der Waals surface area contributed by atoms with Crippen LogP contribution < -0.4 is 15.0 Å². The standard InChI is InChI=1S/C26H30F2N4O8/c1-26(2,3)40-24(35)29-12-20(33)23(34)31-7-4-15(5-8-31)22-18(27)10-16(11-19(22)28)32-13-17(39-25(32)36)14-37-21-6-9-38-30-21/h4,6,9-11,17,20,33H,5,7-8,12-14H2,1-3H3,(H,29,35)/t17-,20-/m1/s1. The third-order valence-corrected chi connectivity index (χ3v) is 6.01. The van der Waals surface area contributed by atoms with Crippen LogP contribution in [0.2, 0.25) is 0 Å². The number of amides is 3. The van der Waals surface area contributed by atoms with Gasteiger partial charge in [-0.3, -0.25) is 9.69 Å². The van der Waals surface area contributed by atoms with Gasteiger partial charge in [-0.25, -0.2) is 18.4 Å². The van der Waals surface area contributed by atoms with Gasteiger partial charge in [-0.15, -0.1) is 0 Å². The summed E-state index contributed by atoms with van der Waals surface area (Å²) in [5.74, 6) is -2.18. The molecule has 1 aromatic carbocycles. The van der Waals surface area contributed by atoms with Crippen LogP contribution in [0.5, 0.6) is 5.88 Å². The highest BCUT2D eigenvalue weighted by Crippen LogP contribution is 2.32. The second-order valence-corrected chi connectivity index (χ2v) is 10.2. The van der Waals surface area contributed by atoms with Crippen molar-refractivity contribution in [3.63, 3.8) is 0 Å².